The number of sulfone groups is 2. The number of ether oxygens (including phenoxy) is 3. The zero-order valence-corrected chi connectivity index (χ0v) is 44.3. The Morgan fingerprint density at radius 2 is 0.974 bits per heavy atom. The molecule has 20 heteroatoms. The number of amides is 3. The molecule has 18 nitrogen and oxygen atoms in total. The monoisotopic (exact) mass is 1090 g/mol. The summed E-state index contributed by atoms with van der Waals surface area (Å²) in [5.41, 5.74) is 10.1. The molecule has 3 amide bonds. The predicted molar refractivity (Wildman–Crippen MR) is 290 cm³/mol. The van der Waals surface area contributed by atoms with E-state index in [1.54, 1.807) is 12.1 Å². The number of nitrogens with one attached hydrogen (secondary N) is 1. The second kappa shape index (κ2) is 21.3. The number of pyridine rings is 2. The van der Waals surface area contributed by atoms with Crippen LogP contribution < -0.4 is 11.1 Å². The van der Waals surface area contributed by atoms with Gasteiger partial charge in [-0.2, -0.15) is 0 Å². The van der Waals surface area contributed by atoms with Crippen molar-refractivity contribution in [3.63, 3.8) is 0 Å². The molecule has 4 fully saturated rings. The number of rotatable bonds is 13. The Bertz CT molecular complexity index is 3500. The Morgan fingerprint density at radius 1 is 0.603 bits per heavy atom. The van der Waals surface area contributed by atoms with E-state index < -0.39 is 94.1 Å². The maximum atomic E-state index is 13.7. The molecule has 4 aromatic carbocycles. The minimum Gasteiger partial charge on any atom is -0.451 e. The van der Waals surface area contributed by atoms with Gasteiger partial charge in [0, 0.05) is 0 Å². The van der Waals surface area contributed by atoms with Crippen LogP contribution in [0, 0.1) is 0 Å². The summed E-state index contributed by atoms with van der Waals surface area (Å²) in [5.74, 6) is -2.72. The third-order valence-corrected chi connectivity index (χ3v) is 19.6. The molecule has 400 valence electrons. The largest absolute Gasteiger partial charge is 0.451 e. The van der Waals surface area contributed by atoms with Gasteiger partial charge in [0.15, 0.2) is 54.7 Å². The zero-order chi connectivity index (χ0) is 55.7. The average molecular weight is 1090 g/mol. The first-order valence-electron chi connectivity index (χ1n) is 24.6. The zero-order valence-electron chi connectivity index (χ0n) is 42.7. The molecular weight excluding hydrogens is 1040 g/mol. The summed E-state index contributed by atoms with van der Waals surface area (Å²) >= 11 is 0. The van der Waals surface area contributed by atoms with Crippen molar-refractivity contribution in [2.45, 2.75) is 72.2 Å². The molecule has 4 saturated heterocycles. The third-order valence-electron chi connectivity index (χ3n) is 14.0. The fraction of sp³-hybridized carbons (Fsp3) is 0.224. The van der Waals surface area contributed by atoms with E-state index in [2.05, 4.69) is 21.9 Å². The van der Waals surface area contributed by atoms with Crippen molar-refractivity contribution in [3.05, 3.63) is 215 Å². The molecule has 4 aliphatic rings. The van der Waals surface area contributed by atoms with Crippen molar-refractivity contribution < 1.29 is 55.0 Å². The summed E-state index contributed by atoms with van der Waals surface area (Å²) in [6.07, 6.45) is 4.77. The molecule has 0 spiro atoms. The van der Waals surface area contributed by atoms with Gasteiger partial charge in [-0.25, -0.2) is 31.2 Å². The van der Waals surface area contributed by atoms with Gasteiger partial charge < -0.3 is 29.7 Å². The molecule has 6 aromatic rings. The number of fused-ring (bicyclic) bond motifs is 2. The number of hydrogen-bond acceptors (Lipinski definition) is 15. The first-order valence-corrected chi connectivity index (χ1v) is 27.7. The molecule has 4 aliphatic heterocycles. The number of β-lactam (4-membered cyclic amide) rings is 2. The van der Waals surface area contributed by atoms with E-state index in [4.69, 9.17) is 19.9 Å². The minimum absolute atomic E-state index is 0.000328. The van der Waals surface area contributed by atoms with Crippen molar-refractivity contribution in [1.29, 1.82) is 0 Å². The van der Waals surface area contributed by atoms with Crippen LogP contribution >= 0.6 is 0 Å². The molecule has 4 atom stereocenters. The smallest absolute Gasteiger partial charge is 0.411 e. The summed E-state index contributed by atoms with van der Waals surface area (Å²) in [4.78, 5) is 76.1. The van der Waals surface area contributed by atoms with Crippen LogP contribution in [0.5, 0.6) is 0 Å². The van der Waals surface area contributed by atoms with Crippen LogP contribution in [0.3, 0.4) is 0 Å². The average Bonchev–Trinajstić information content (AvgIpc) is 3.90. The van der Waals surface area contributed by atoms with Crippen LogP contribution in [0.25, 0.3) is 12.2 Å². The third kappa shape index (κ3) is 9.83. The lowest BCUT2D eigenvalue weighted by atomic mass is 9.94. The van der Waals surface area contributed by atoms with Crippen LogP contribution in [0.2, 0.25) is 0 Å². The van der Waals surface area contributed by atoms with Gasteiger partial charge in [0.25, 0.3) is 11.8 Å². The fourth-order valence-corrected chi connectivity index (χ4v) is 14.1. The highest BCUT2D eigenvalue weighted by atomic mass is 32.2. The molecule has 0 radical (unpaired) electrons. The van der Waals surface area contributed by atoms with Gasteiger partial charge >= 0.3 is 18.0 Å². The maximum Gasteiger partial charge on any atom is 0.411 e. The molecule has 0 unspecified atom stereocenters. The van der Waals surface area contributed by atoms with Crippen LogP contribution in [0.1, 0.15) is 73.5 Å². The predicted octanol–water partition coefficient (Wildman–Crippen LogP) is 7.40. The van der Waals surface area contributed by atoms with Crippen molar-refractivity contribution in [3.8, 4) is 0 Å². The molecule has 10 rings (SSSR count). The van der Waals surface area contributed by atoms with Crippen molar-refractivity contribution >= 4 is 73.0 Å². The Morgan fingerprint density at radius 3 is 1.31 bits per heavy atom. The van der Waals surface area contributed by atoms with E-state index in [0.717, 1.165) is 20.9 Å². The maximum absolute atomic E-state index is 13.7. The number of esters is 2. The minimum atomic E-state index is -4.03. The normalized spacial score (nSPS) is 21.8. The van der Waals surface area contributed by atoms with Crippen LogP contribution in [0.4, 0.5) is 16.2 Å². The lowest BCUT2D eigenvalue weighted by Crippen LogP contribution is -2.59. The van der Waals surface area contributed by atoms with E-state index >= 15 is 0 Å². The number of hydrogen-bond donors (Lipinski definition) is 2. The molecule has 0 aliphatic carbocycles. The summed E-state index contributed by atoms with van der Waals surface area (Å²) in [6.45, 7) is 9.29. The Balaban J connectivity index is 0.000000192. The second-order valence-corrected chi connectivity index (χ2v) is 24.9. The van der Waals surface area contributed by atoms with E-state index in [-0.39, 0.29) is 17.8 Å². The van der Waals surface area contributed by atoms with Gasteiger partial charge in [0.2, 0.25) is 0 Å². The van der Waals surface area contributed by atoms with E-state index in [9.17, 15) is 40.8 Å². The number of nitrogens with zero attached hydrogens (tertiary/aromatic N) is 4. The van der Waals surface area contributed by atoms with E-state index in [0.29, 0.717) is 33.9 Å². The summed E-state index contributed by atoms with van der Waals surface area (Å²) in [7, 11) is -7.99. The second-order valence-electron chi connectivity index (χ2n) is 19.7. The molecular formula is C58H54N6O12S2. The molecule has 0 bridgehead atoms. The lowest BCUT2D eigenvalue weighted by Gasteiger charge is -2.38. The van der Waals surface area contributed by atoms with Crippen LogP contribution in [0.15, 0.2) is 182 Å². The molecule has 6 heterocycles. The van der Waals surface area contributed by atoms with Gasteiger partial charge in [-0.15, -0.1) is 0 Å². The Hall–Kier alpha value is -8.75. The number of benzene rings is 4. The SMILES string of the molecule is C=CCOC(=O)Nc1ccc(/C=C2/C(=O)N3[C@@H](C(=O)OC(c4ccccc4)c4ccccc4)C(C)(C)S(=O)(=O)[C@H]23)nc1.CC1(C)[C@H](C(=O)OC(c2ccccc2)c2ccccc2)N2C(=O)/C(=C/c3ccc(N)cn3)[C@H]2S1(=O)=O. The fourth-order valence-electron chi connectivity index (χ4n) is 9.85. The lowest BCUT2D eigenvalue weighted by molar-refractivity contribution is -0.160. The summed E-state index contributed by atoms with van der Waals surface area (Å²) in [6, 6.07) is 40.2. The van der Waals surface area contributed by atoms with E-state index in [1.807, 2.05) is 121 Å². The summed E-state index contributed by atoms with van der Waals surface area (Å²) in [5, 5.41) is -0.0702. The Kier molecular flexibility index (Phi) is 14.8. The molecule has 0 saturated carbocycles. The molecule has 3 N–H and O–H groups in total. The highest BCUT2D eigenvalue weighted by Crippen LogP contribution is 2.51. The van der Waals surface area contributed by atoms with Gasteiger partial charge in [0.05, 0.1) is 46.3 Å². The van der Waals surface area contributed by atoms with Crippen molar-refractivity contribution in [2.75, 3.05) is 17.7 Å². The van der Waals surface area contributed by atoms with Gasteiger partial charge in [-0.05, 0) is 86.4 Å². The van der Waals surface area contributed by atoms with Gasteiger partial charge in [-0.3, -0.25) is 24.9 Å². The van der Waals surface area contributed by atoms with Gasteiger partial charge in [-0.1, -0.05) is 134 Å². The number of anilines is 2. The standard InChI is InChI=1S/C31H29N3O7S.C27H25N3O5S/c1-4-17-40-30(37)33-23-16-15-22(32-19-23)18-24-27(35)34-26(31(2,3)42(38,39)28(24)34)29(36)41-25(20-11-7-5-8-12-20)21-13-9-6-10-14-21;1-27(2)23(26(32)35-22(17-9-5-3-6-10-17)18-11-7-4-8-12-18)30-24(31)21(25(30)36(27,33)34)15-20-14-13-19(28)16-29-20/h4-16,18-19,25-26,28H,1,17H2,2-3H3,(H,33,37);3-16,22-23,25H,28H2,1-2H3/b24-18-;21-15-/t26-,28+;23-,25+/m00/s1. The number of nitrogens with two attached hydrogens (primary N) is 1. The first-order chi connectivity index (χ1) is 37.2. The van der Waals surface area contributed by atoms with Crippen LogP contribution in [-0.2, 0) is 53.1 Å². The number of aromatic nitrogens is 2. The Labute approximate surface area is 451 Å². The topological polar surface area (TPSA) is 252 Å². The molecule has 2 aromatic heterocycles. The highest BCUT2D eigenvalue weighted by molar-refractivity contribution is 7.94. The quantitative estimate of drug-likeness (QED) is 0.0376. The van der Waals surface area contributed by atoms with Crippen molar-refractivity contribution in [2.24, 2.45) is 0 Å². The first kappa shape index (κ1) is 54.1. The highest BCUT2D eigenvalue weighted by Gasteiger charge is 2.72. The van der Waals surface area contributed by atoms with Gasteiger partial charge in [0.1, 0.15) is 16.1 Å². The van der Waals surface area contributed by atoms with Crippen LogP contribution in [-0.4, -0.2) is 105 Å². The number of carbonyl (C=O) groups is 5. The van der Waals surface area contributed by atoms with E-state index in [1.165, 1.54) is 70.4 Å². The summed E-state index contributed by atoms with van der Waals surface area (Å²) < 4.78 is 68.1. The molecule has 78 heavy (non-hydrogen) atoms. The van der Waals surface area contributed by atoms with Crippen molar-refractivity contribution in [1.82, 2.24) is 19.8 Å². The number of carbonyl (C=O) groups excluding carboxylic acids is 5. The number of nitrogen functional groups attached to an aromatic ring is 1.